The summed E-state index contributed by atoms with van der Waals surface area (Å²) < 4.78 is 14.4. The Bertz CT molecular complexity index is 1130. The van der Waals surface area contributed by atoms with Crippen LogP contribution in [0.3, 0.4) is 0 Å². The van der Waals surface area contributed by atoms with Gasteiger partial charge in [-0.15, -0.1) is 23.1 Å². The molecule has 0 radical (unpaired) electrons. The number of hydrogen-bond acceptors (Lipinski definition) is 6. The van der Waals surface area contributed by atoms with Gasteiger partial charge in [0.05, 0.1) is 31.4 Å². The molecule has 0 saturated carbocycles. The Morgan fingerprint density at radius 3 is 2.78 bits per heavy atom. The molecule has 0 fully saturated rings. The third kappa shape index (κ3) is 4.07. The van der Waals surface area contributed by atoms with E-state index in [2.05, 4.69) is 10.3 Å². The van der Waals surface area contributed by atoms with Crippen molar-refractivity contribution in [2.24, 2.45) is 5.73 Å². The van der Waals surface area contributed by atoms with E-state index in [9.17, 15) is 23.9 Å². The molecule has 140 valence electrons. The van der Waals surface area contributed by atoms with Crippen molar-refractivity contribution in [3.05, 3.63) is 51.0 Å². The fourth-order valence-corrected chi connectivity index (χ4v) is 4.70. The monoisotopic (exact) mass is 427 g/mol. The Hall–Kier alpha value is -2.56. The fourth-order valence-electron chi connectivity index (χ4n) is 2.29. The van der Waals surface area contributed by atoms with Crippen LogP contribution in [0.4, 0.5) is 10.1 Å². The van der Waals surface area contributed by atoms with Crippen molar-refractivity contribution in [2.75, 3.05) is 11.1 Å². The highest BCUT2D eigenvalue weighted by Crippen LogP contribution is 2.40. The van der Waals surface area contributed by atoms with E-state index in [1.165, 1.54) is 12.1 Å². The molecular weight excluding hydrogens is 417 g/mol. The third-order valence-corrected chi connectivity index (χ3v) is 6.13. The molecule has 3 aromatic rings. The zero-order valence-electron chi connectivity index (χ0n) is 13.3. The zero-order valence-corrected chi connectivity index (χ0v) is 15.7. The minimum absolute atomic E-state index is 0.0125. The van der Waals surface area contributed by atoms with E-state index in [1.54, 1.807) is 0 Å². The summed E-state index contributed by atoms with van der Waals surface area (Å²) >= 11 is 7.65. The standard InChI is InChI=1S/C16H11ClFN3O4S2/c17-6-1-2-8(7(18)3-6)20-11(24)5-26-16-12(15(19)25)13-14(27-16)9(22)4-10(23)21-13/h1-4H,5H2,(H2,19,25)(H,20,24)(H2,21,22,23). The lowest BCUT2D eigenvalue weighted by Crippen LogP contribution is -2.16. The lowest BCUT2D eigenvalue weighted by atomic mass is 10.2. The Labute approximate surface area is 164 Å². The number of carbonyl (C=O) groups excluding carboxylic acids is 2. The summed E-state index contributed by atoms with van der Waals surface area (Å²) in [7, 11) is 0. The number of H-pyrrole nitrogens is 1. The maximum Gasteiger partial charge on any atom is 0.252 e. The summed E-state index contributed by atoms with van der Waals surface area (Å²) in [4.78, 5) is 37.9. The molecular formula is C16H11ClFN3O4S2. The molecule has 27 heavy (non-hydrogen) atoms. The number of rotatable bonds is 5. The number of aromatic amines is 1. The van der Waals surface area contributed by atoms with Crippen LogP contribution in [-0.2, 0) is 4.79 Å². The number of thioether (sulfide) groups is 1. The van der Waals surface area contributed by atoms with Gasteiger partial charge in [-0.3, -0.25) is 14.4 Å². The van der Waals surface area contributed by atoms with Crippen molar-refractivity contribution >= 4 is 62.4 Å². The summed E-state index contributed by atoms with van der Waals surface area (Å²) in [5.41, 5.74) is 4.89. The van der Waals surface area contributed by atoms with Crippen LogP contribution in [0.5, 0.6) is 5.75 Å². The van der Waals surface area contributed by atoms with Crippen molar-refractivity contribution in [1.29, 1.82) is 0 Å². The van der Waals surface area contributed by atoms with Crippen LogP contribution in [0.1, 0.15) is 10.4 Å². The number of amides is 2. The van der Waals surface area contributed by atoms with Gasteiger partial charge in [0.15, 0.2) is 0 Å². The number of pyridine rings is 1. The topological polar surface area (TPSA) is 125 Å². The van der Waals surface area contributed by atoms with Crippen molar-refractivity contribution in [1.82, 2.24) is 4.98 Å². The molecule has 11 heteroatoms. The Morgan fingerprint density at radius 2 is 2.11 bits per heavy atom. The van der Waals surface area contributed by atoms with Gasteiger partial charge in [-0.25, -0.2) is 4.39 Å². The van der Waals surface area contributed by atoms with Crippen LogP contribution in [-0.4, -0.2) is 27.7 Å². The molecule has 0 atom stereocenters. The molecule has 1 aromatic carbocycles. The molecule has 0 unspecified atom stereocenters. The van der Waals surface area contributed by atoms with Gasteiger partial charge in [0.1, 0.15) is 11.6 Å². The Kier molecular flexibility index (Phi) is 5.40. The van der Waals surface area contributed by atoms with Crippen LogP contribution < -0.4 is 16.6 Å². The number of anilines is 1. The number of aromatic hydroxyl groups is 1. The first-order valence-electron chi connectivity index (χ1n) is 7.32. The number of primary amides is 1. The number of carbonyl (C=O) groups is 2. The summed E-state index contributed by atoms with van der Waals surface area (Å²) in [5.74, 6) is -2.45. The lowest BCUT2D eigenvalue weighted by Gasteiger charge is -2.06. The second-order valence-corrected chi connectivity index (χ2v) is 8.01. The molecule has 0 aliphatic rings. The van der Waals surface area contributed by atoms with Crippen molar-refractivity contribution in [2.45, 2.75) is 4.21 Å². The number of aromatic nitrogens is 1. The molecule has 0 spiro atoms. The summed E-state index contributed by atoms with van der Waals surface area (Å²) in [5, 5.41) is 12.5. The quantitative estimate of drug-likeness (QED) is 0.466. The maximum atomic E-state index is 13.7. The van der Waals surface area contributed by atoms with E-state index < -0.39 is 23.2 Å². The number of halogens is 2. The van der Waals surface area contributed by atoms with Gasteiger partial charge in [0, 0.05) is 11.1 Å². The minimum atomic E-state index is -0.811. The smallest absolute Gasteiger partial charge is 0.252 e. The number of nitrogens with one attached hydrogen (secondary N) is 2. The van der Waals surface area contributed by atoms with Crippen molar-refractivity contribution in [3.8, 4) is 5.75 Å². The van der Waals surface area contributed by atoms with Crippen LogP contribution >= 0.6 is 34.7 Å². The largest absolute Gasteiger partial charge is 0.506 e. The average molecular weight is 428 g/mol. The van der Waals surface area contributed by atoms with Crippen LogP contribution in [0, 0.1) is 5.82 Å². The van der Waals surface area contributed by atoms with E-state index in [0.29, 0.717) is 4.21 Å². The normalized spacial score (nSPS) is 10.9. The molecule has 0 bridgehead atoms. The van der Waals surface area contributed by atoms with E-state index in [-0.39, 0.29) is 38.0 Å². The summed E-state index contributed by atoms with van der Waals surface area (Å²) in [6.07, 6.45) is 0. The van der Waals surface area contributed by atoms with Gasteiger partial charge in [-0.2, -0.15) is 0 Å². The predicted molar refractivity (Wildman–Crippen MR) is 103 cm³/mol. The van der Waals surface area contributed by atoms with Crippen LogP contribution in [0.15, 0.2) is 33.3 Å². The summed E-state index contributed by atoms with van der Waals surface area (Å²) in [6.45, 7) is 0. The predicted octanol–water partition coefficient (Wildman–Crippen LogP) is 2.92. The third-order valence-electron chi connectivity index (χ3n) is 3.41. The molecule has 2 heterocycles. The SMILES string of the molecule is NC(=O)c1c(SCC(=O)Nc2ccc(Cl)cc2F)sc2c(O)cc(=O)[nH]c12. The number of thiophene rings is 1. The molecule has 0 aliphatic carbocycles. The van der Waals surface area contributed by atoms with Gasteiger partial charge in [-0.05, 0) is 18.2 Å². The molecule has 0 saturated heterocycles. The molecule has 5 N–H and O–H groups in total. The first-order valence-corrected chi connectivity index (χ1v) is 9.50. The number of hydrogen-bond donors (Lipinski definition) is 4. The van der Waals surface area contributed by atoms with Gasteiger partial charge in [-0.1, -0.05) is 11.6 Å². The molecule has 2 amide bonds. The average Bonchev–Trinajstić information content (AvgIpc) is 2.94. The minimum Gasteiger partial charge on any atom is -0.506 e. The van der Waals surface area contributed by atoms with E-state index in [1.807, 2.05) is 0 Å². The molecule has 3 rings (SSSR count). The van der Waals surface area contributed by atoms with Crippen molar-refractivity contribution < 1.29 is 19.1 Å². The Balaban J connectivity index is 1.83. The van der Waals surface area contributed by atoms with Crippen LogP contribution in [0.2, 0.25) is 5.02 Å². The van der Waals surface area contributed by atoms with Crippen molar-refractivity contribution in [3.63, 3.8) is 0 Å². The molecule has 2 aromatic heterocycles. The summed E-state index contributed by atoms with van der Waals surface area (Å²) in [6, 6.07) is 4.82. The number of fused-ring (bicyclic) bond motifs is 1. The van der Waals surface area contributed by atoms with E-state index >= 15 is 0 Å². The number of benzene rings is 1. The number of nitrogens with two attached hydrogens (primary N) is 1. The highest BCUT2D eigenvalue weighted by molar-refractivity contribution is 8.02. The highest BCUT2D eigenvalue weighted by Gasteiger charge is 2.21. The lowest BCUT2D eigenvalue weighted by molar-refractivity contribution is -0.113. The fraction of sp³-hybridized carbons (Fsp3) is 0.0625. The second-order valence-electron chi connectivity index (χ2n) is 5.31. The highest BCUT2D eigenvalue weighted by atomic mass is 35.5. The Morgan fingerprint density at radius 1 is 1.37 bits per heavy atom. The zero-order chi connectivity index (χ0) is 19.7. The van der Waals surface area contributed by atoms with Gasteiger partial charge in [0.25, 0.3) is 11.5 Å². The first kappa shape index (κ1) is 19.2. The van der Waals surface area contributed by atoms with Crippen LogP contribution in [0.25, 0.3) is 10.2 Å². The van der Waals surface area contributed by atoms with E-state index in [0.717, 1.165) is 35.2 Å². The van der Waals surface area contributed by atoms with Gasteiger partial charge < -0.3 is 21.1 Å². The first-order chi connectivity index (χ1) is 12.8. The van der Waals surface area contributed by atoms with Gasteiger partial charge >= 0.3 is 0 Å². The van der Waals surface area contributed by atoms with E-state index in [4.69, 9.17) is 17.3 Å². The second kappa shape index (κ2) is 7.59. The molecule has 0 aliphatic heterocycles. The maximum absolute atomic E-state index is 13.7. The van der Waals surface area contributed by atoms with Gasteiger partial charge in [0.2, 0.25) is 5.91 Å². The molecule has 7 nitrogen and oxygen atoms in total.